The van der Waals surface area contributed by atoms with Crippen LogP contribution in [0.25, 0.3) is 0 Å². The molecule has 2 atom stereocenters. The molecule has 3 fully saturated rings. The van der Waals surface area contributed by atoms with Crippen LogP contribution in [0.4, 0.5) is 0 Å². The van der Waals surface area contributed by atoms with Gasteiger partial charge in [-0.3, -0.25) is 9.69 Å². The molecule has 1 aromatic rings. The minimum Gasteiger partial charge on any atom is -0.481 e. The second kappa shape index (κ2) is 7.82. The average Bonchev–Trinajstić information content (AvgIpc) is 3.04. The first kappa shape index (κ1) is 20.5. The minimum atomic E-state index is -2.97. The molecule has 3 aliphatic heterocycles. The van der Waals surface area contributed by atoms with E-state index in [-0.39, 0.29) is 23.5 Å². The molecular weight excluding hydrogens is 398 g/mol. The molecule has 0 aromatic carbocycles. The quantitative estimate of drug-likeness (QED) is 0.684. The Hall–Kier alpha value is -1.75. The van der Waals surface area contributed by atoms with E-state index in [2.05, 4.69) is 21.3 Å². The molecule has 160 valence electrons. The van der Waals surface area contributed by atoms with E-state index in [0.29, 0.717) is 32.1 Å². The lowest BCUT2D eigenvalue weighted by molar-refractivity contribution is -0.130. The van der Waals surface area contributed by atoms with Crippen molar-refractivity contribution in [2.24, 2.45) is 0 Å². The Morgan fingerprint density at radius 3 is 2.93 bits per heavy atom. The summed E-state index contributed by atoms with van der Waals surface area (Å²) in [6, 6.07) is 1.77. The maximum Gasteiger partial charge on any atom is 0.249 e. The van der Waals surface area contributed by atoms with Gasteiger partial charge in [-0.15, -0.1) is 0 Å². The Balaban J connectivity index is 1.33. The van der Waals surface area contributed by atoms with E-state index in [1.165, 1.54) is 0 Å². The molecule has 1 spiro atoms. The summed E-state index contributed by atoms with van der Waals surface area (Å²) in [7, 11) is -1.36. The number of carbonyl (C=O) groups is 1. The van der Waals surface area contributed by atoms with Crippen molar-refractivity contribution in [3.05, 3.63) is 23.4 Å². The van der Waals surface area contributed by atoms with Gasteiger partial charge in [0.05, 0.1) is 37.9 Å². The second-order valence-electron chi connectivity index (χ2n) is 8.20. The lowest BCUT2D eigenvalue weighted by Gasteiger charge is -2.39. The number of pyridine rings is 1. The smallest absolute Gasteiger partial charge is 0.249 e. The van der Waals surface area contributed by atoms with Gasteiger partial charge in [0.2, 0.25) is 11.8 Å². The standard InChI is InChI=1S/C19H27N3O6S/c1-13-5-14(7-20-18(13)26-2)8-22-3-4-28-19(11-22)6-16(27-12-19)17(23)21-15-9-29(24,25)10-15/h5,7,15-16H,3-4,6,8-12H2,1-2H3,(H,21,23)/t16-,19+/m1/s1. The molecule has 1 amide bonds. The Labute approximate surface area is 170 Å². The van der Waals surface area contributed by atoms with E-state index >= 15 is 0 Å². The number of amides is 1. The largest absolute Gasteiger partial charge is 0.481 e. The molecule has 10 heteroatoms. The van der Waals surface area contributed by atoms with Crippen LogP contribution in [0.15, 0.2) is 12.3 Å². The number of aryl methyl sites for hydroxylation is 1. The summed E-state index contributed by atoms with van der Waals surface area (Å²) >= 11 is 0. The molecule has 0 radical (unpaired) electrons. The zero-order valence-corrected chi connectivity index (χ0v) is 17.5. The van der Waals surface area contributed by atoms with Gasteiger partial charge in [-0.1, -0.05) is 0 Å². The predicted octanol–water partition coefficient (Wildman–Crippen LogP) is -0.328. The van der Waals surface area contributed by atoms with Crippen LogP contribution in [0.1, 0.15) is 17.5 Å². The highest BCUT2D eigenvalue weighted by Gasteiger charge is 2.47. The molecular formula is C19H27N3O6S. The molecule has 1 aromatic heterocycles. The molecule has 0 unspecified atom stereocenters. The van der Waals surface area contributed by atoms with Crippen LogP contribution >= 0.6 is 0 Å². The van der Waals surface area contributed by atoms with Crippen LogP contribution in [0, 0.1) is 6.92 Å². The van der Waals surface area contributed by atoms with Gasteiger partial charge >= 0.3 is 0 Å². The SMILES string of the molecule is COc1ncc(CN2CCO[C@]3(CO[C@@H](C(=O)NC4CS(=O)(=O)C4)C3)C2)cc1C. The zero-order chi connectivity index (χ0) is 20.6. The summed E-state index contributed by atoms with van der Waals surface area (Å²) in [5, 5.41) is 2.77. The molecule has 9 nitrogen and oxygen atoms in total. The molecule has 0 aliphatic carbocycles. The summed E-state index contributed by atoms with van der Waals surface area (Å²) in [4.78, 5) is 19.1. The Bertz CT molecular complexity index is 880. The number of rotatable bonds is 5. The van der Waals surface area contributed by atoms with E-state index in [1.54, 1.807) is 7.11 Å². The van der Waals surface area contributed by atoms with E-state index < -0.39 is 21.5 Å². The molecule has 3 saturated heterocycles. The van der Waals surface area contributed by atoms with Crippen LogP contribution in [0.5, 0.6) is 5.88 Å². The van der Waals surface area contributed by atoms with Crippen molar-refractivity contribution in [3.8, 4) is 5.88 Å². The normalized spacial score (nSPS) is 29.5. The summed E-state index contributed by atoms with van der Waals surface area (Å²) < 4.78 is 39.5. The number of hydrogen-bond donors (Lipinski definition) is 1. The lowest BCUT2D eigenvalue weighted by atomic mass is 9.97. The molecule has 4 rings (SSSR count). The number of nitrogens with one attached hydrogen (secondary N) is 1. The van der Waals surface area contributed by atoms with Crippen molar-refractivity contribution >= 4 is 15.7 Å². The number of methoxy groups -OCH3 is 1. The van der Waals surface area contributed by atoms with Gasteiger partial charge < -0.3 is 19.5 Å². The van der Waals surface area contributed by atoms with Crippen molar-refractivity contribution in [2.75, 3.05) is 44.9 Å². The fraction of sp³-hybridized carbons (Fsp3) is 0.684. The maximum atomic E-state index is 12.4. The second-order valence-corrected chi connectivity index (χ2v) is 10.4. The monoisotopic (exact) mass is 425 g/mol. The number of nitrogens with zero attached hydrogens (tertiary/aromatic N) is 2. The first-order chi connectivity index (χ1) is 13.8. The van der Waals surface area contributed by atoms with Crippen LogP contribution in [-0.2, 0) is 30.7 Å². The summed E-state index contributed by atoms with van der Waals surface area (Å²) in [6.07, 6.45) is 1.68. The molecule has 4 heterocycles. The van der Waals surface area contributed by atoms with Crippen molar-refractivity contribution in [1.29, 1.82) is 0 Å². The van der Waals surface area contributed by atoms with Crippen molar-refractivity contribution < 1.29 is 27.4 Å². The Morgan fingerprint density at radius 1 is 1.45 bits per heavy atom. The van der Waals surface area contributed by atoms with E-state index in [0.717, 1.165) is 24.2 Å². The summed E-state index contributed by atoms with van der Waals surface area (Å²) in [6.45, 7) is 5.09. The number of hydrogen-bond acceptors (Lipinski definition) is 8. The van der Waals surface area contributed by atoms with Crippen LogP contribution in [-0.4, -0.2) is 86.9 Å². The van der Waals surface area contributed by atoms with Gasteiger partial charge in [0.15, 0.2) is 9.84 Å². The number of aromatic nitrogens is 1. The van der Waals surface area contributed by atoms with E-state index in [4.69, 9.17) is 14.2 Å². The highest BCUT2D eigenvalue weighted by molar-refractivity contribution is 7.92. The lowest BCUT2D eigenvalue weighted by Crippen LogP contribution is -2.55. The van der Waals surface area contributed by atoms with Crippen molar-refractivity contribution in [2.45, 2.75) is 37.6 Å². The van der Waals surface area contributed by atoms with Crippen LogP contribution in [0.2, 0.25) is 0 Å². The molecule has 29 heavy (non-hydrogen) atoms. The maximum absolute atomic E-state index is 12.4. The first-order valence-corrected chi connectivity index (χ1v) is 11.6. The van der Waals surface area contributed by atoms with Gasteiger partial charge in [-0.2, -0.15) is 0 Å². The fourth-order valence-corrected chi connectivity index (χ4v) is 5.56. The summed E-state index contributed by atoms with van der Waals surface area (Å²) in [5.41, 5.74) is 1.58. The zero-order valence-electron chi connectivity index (χ0n) is 16.7. The average molecular weight is 426 g/mol. The number of sulfone groups is 1. The molecule has 1 N–H and O–H groups in total. The van der Waals surface area contributed by atoms with E-state index in [9.17, 15) is 13.2 Å². The van der Waals surface area contributed by atoms with Gasteiger partial charge in [-0.05, 0) is 18.6 Å². The van der Waals surface area contributed by atoms with E-state index in [1.807, 2.05) is 13.1 Å². The van der Waals surface area contributed by atoms with Crippen molar-refractivity contribution in [3.63, 3.8) is 0 Å². The van der Waals surface area contributed by atoms with Crippen molar-refractivity contribution in [1.82, 2.24) is 15.2 Å². The third-order valence-electron chi connectivity index (χ3n) is 5.67. The van der Waals surface area contributed by atoms with Gasteiger partial charge in [0.25, 0.3) is 0 Å². The van der Waals surface area contributed by atoms with Crippen LogP contribution in [0.3, 0.4) is 0 Å². The molecule has 3 aliphatic rings. The third-order valence-corrected chi connectivity index (χ3v) is 7.49. The number of ether oxygens (including phenoxy) is 3. The summed E-state index contributed by atoms with van der Waals surface area (Å²) in [5.74, 6) is 0.397. The minimum absolute atomic E-state index is 0.0101. The predicted molar refractivity (Wildman–Crippen MR) is 104 cm³/mol. The molecule has 0 saturated carbocycles. The Kier molecular flexibility index (Phi) is 5.54. The number of morpholine rings is 1. The number of carbonyl (C=O) groups excluding carboxylic acids is 1. The topological polar surface area (TPSA) is 107 Å². The van der Waals surface area contributed by atoms with Gasteiger partial charge in [0.1, 0.15) is 11.7 Å². The highest BCUT2D eigenvalue weighted by Crippen LogP contribution is 2.32. The third kappa shape index (κ3) is 4.55. The fourth-order valence-electron chi connectivity index (χ4n) is 4.27. The Morgan fingerprint density at radius 2 is 2.24 bits per heavy atom. The molecule has 0 bridgehead atoms. The first-order valence-electron chi connectivity index (χ1n) is 9.76. The highest BCUT2D eigenvalue weighted by atomic mass is 32.2. The van der Waals surface area contributed by atoms with Gasteiger partial charge in [0, 0.05) is 37.8 Å². The van der Waals surface area contributed by atoms with Gasteiger partial charge in [-0.25, -0.2) is 13.4 Å². The van der Waals surface area contributed by atoms with Crippen LogP contribution < -0.4 is 10.1 Å².